The van der Waals surface area contributed by atoms with Gasteiger partial charge >= 0.3 is 0 Å². The van der Waals surface area contributed by atoms with Gasteiger partial charge in [-0.2, -0.15) is 0 Å². The lowest BCUT2D eigenvalue weighted by atomic mass is 9.49. The van der Waals surface area contributed by atoms with Crippen molar-refractivity contribution in [3.63, 3.8) is 0 Å². The van der Waals surface area contributed by atoms with Gasteiger partial charge in [0.25, 0.3) is 0 Å². The second-order valence-corrected chi connectivity index (χ2v) is 10.6. The molecule has 146 valence electrons. The lowest BCUT2D eigenvalue weighted by molar-refractivity contribution is -0.0634. The highest BCUT2D eigenvalue weighted by molar-refractivity contribution is 5.96. The average molecular weight is 366 g/mol. The molecule has 2 heteroatoms. The van der Waals surface area contributed by atoms with Gasteiger partial charge in [0.2, 0.25) is 0 Å². The van der Waals surface area contributed by atoms with E-state index in [-0.39, 0.29) is 11.3 Å². The minimum absolute atomic E-state index is 0.197. The Labute approximate surface area is 164 Å². The normalized spacial score (nSPS) is 46.2. The molecule has 8 unspecified atom stereocenters. The number of carbonyl (C=O) groups is 1. The molecule has 4 saturated carbocycles. The lowest BCUT2D eigenvalue weighted by Gasteiger charge is -2.56. The highest BCUT2D eigenvalue weighted by atomic mass is 16.1. The second kappa shape index (κ2) is 6.71. The monoisotopic (exact) mass is 365 g/mol. The average Bonchev–Trinajstić information content (AvgIpc) is 3.05. The molecule has 0 aromatic carbocycles. The standard InChI is InChI=1S/C25H35NO/c1-16-6-8-18-17(15-16)7-9-20-19(18)12-13-25(2)21(20)10-11-22(25)24(27)23-5-3-4-14-26-23/h3-5,14,16-22H,6-13,15H2,1-2H3. The number of pyridine rings is 1. The number of carbonyl (C=O) groups excluding carboxylic acids is 1. The van der Waals surface area contributed by atoms with Crippen molar-refractivity contribution in [3.8, 4) is 0 Å². The fourth-order valence-corrected chi connectivity index (χ4v) is 8.21. The minimum Gasteiger partial charge on any atom is -0.292 e. The van der Waals surface area contributed by atoms with E-state index in [0.717, 1.165) is 41.9 Å². The summed E-state index contributed by atoms with van der Waals surface area (Å²) < 4.78 is 0. The number of rotatable bonds is 2. The van der Waals surface area contributed by atoms with Crippen LogP contribution in [0.5, 0.6) is 0 Å². The van der Waals surface area contributed by atoms with E-state index in [9.17, 15) is 4.79 Å². The molecule has 0 radical (unpaired) electrons. The first-order valence-corrected chi connectivity index (χ1v) is 11.5. The van der Waals surface area contributed by atoms with Gasteiger partial charge in [0, 0.05) is 12.1 Å². The van der Waals surface area contributed by atoms with Gasteiger partial charge in [0.15, 0.2) is 5.78 Å². The van der Waals surface area contributed by atoms with Crippen molar-refractivity contribution in [2.24, 2.45) is 46.8 Å². The first-order chi connectivity index (χ1) is 13.1. The molecule has 4 aliphatic rings. The molecule has 27 heavy (non-hydrogen) atoms. The number of aromatic nitrogens is 1. The third-order valence-corrected chi connectivity index (χ3v) is 9.45. The molecule has 4 aliphatic carbocycles. The molecule has 0 spiro atoms. The first kappa shape index (κ1) is 17.9. The van der Waals surface area contributed by atoms with Gasteiger partial charge in [-0.3, -0.25) is 9.78 Å². The second-order valence-electron chi connectivity index (χ2n) is 10.6. The number of nitrogens with zero attached hydrogens (tertiary/aromatic N) is 1. The van der Waals surface area contributed by atoms with Crippen LogP contribution in [0.25, 0.3) is 0 Å². The molecule has 0 bridgehead atoms. The Balaban J connectivity index is 1.37. The van der Waals surface area contributed by atoms with Crippen LogP contribution in [0.15, 0.2) is 24.4 Å². The summed E-state index contributed by atoms with van der Waals surface area (Å²) in [4.78, 5) is 17.7. The molecule has 1 heterocycles. The van der Waals surface area contributed by atoms with Crippen LogP contribution < -0.4 is 0 Å². The van der Waals surface area contributed by atoms with Gasteiger partial charge in [-0.05, 0) is 104 Å². The molecule has 0 N–H and O–H groups in total. The van der Waals surface area contributed by atoms with E-state index in [1.807, 2.05) is 18.2 Å². The highest BCUT2D eigenvalue weighted by Gasteiger charge is 2.58. The Morgan fingerprint density at radius 3 is 2.67 bits per heavy atom. The molecule has 2 nitrogen and oxygen atoms in total. The van der Waals surface area contributed by atoms with Gasteiger partial charge in [0.05, 0.1) is 0 Å². The summed E-state index contributed by atoms with van der Waals surface area (Å²) in [6.07, 6.45) is 14.1. The first-order valence-electron chi connectivity index (χ1n) is 11.5. The largest absolute Gasteiger partial charge is 0.292 e. The van der Waals surface area contributed by atoms with E-state index in [1.54, 1.807) is 6.20 Å². The number of Topliss-reactive ketones (excluding diaryl/α,β-unsaturated/α-hetero) is 1. The zero-order valence-electron chi connectivity index (χ0n) is 17.1. The molecule has 0 amide bonds. The summed E-state index contributed by atoms with van der Waals surface area (Å²) in [6.45, 7) is 4.92. The topological polar surface area (TPSA) is 30.0 Å². The van der Waals surface area contributed by atoms with E-state index >= 15 is 0 Å². The van der Waals surface area contributed by atoms with Crippen molar-refractivity contribution in [1.29, 1.82) is 0 Å². The van der Waals surface area contributed by atoms with Crippen molar-refractivity contribution in [3.05, 3.63) is 30.1 Å². The summed E-state index contributed by atoms with van der Waals surface area (Å²) >= 11 is 0. The van der Waals surface area contributed by atoms with E-state index < -0.39 is 0 Å². The Bertz CT molecular complexity index is 700. The molecule has 1 aromatic heterocycles. The molecular weight excluding hydrogens is 330 g/mol. The van der Waals surface area contributed by atoms with Crippen molar-refractivity contribution in [2.75, 3.05) is 0 Å². The summed E-state index contributed by atoms with van der Waals surface area (Å²) in [5.74, 6) is 6.08. The number of fused-ring (bicyclic) bond motifs is 5. The zero-order chi connectivity index (χ0) is 18.6. The van der Waals surface area contributed by atoms with Crippen molar-refractivity contribution >= 4 is 5.78 Å². The summed E-state index contributed by atoms with van der Waals surface area (Å²) in [5.41, 5.74) is 0.904. The molecule has 1 aromatic rings. The van der Waals surface area contributed by atoms with Crippen molar-refractivity contribution < 1.29 is 4.79 Å². The van der Waals surface area contributed by atoms with Crippen LogP contribution in [-0.4, -0.2) is 10.8 Å². The van der Waals surface area contributed by atoms with Crippen LogP contribution in [-0.2, 0) is 0 Å². The minimum atomic E-state index is 0.197. The highest BCUT2D eigenvalue weighted by Crippen LogP contribution is 2.64. The van der Waals surface area contributed by atoms with Gasteiger partial charge < -0.3 is 0 Å². The molecule has 0 aliphatic heterocycles. The van der Waals surface area contributed by atoms with Crippen LogP contribution in [0.1, 0.15) is 82.1 Å². The lowest BCUT2D eigenvalue weighted by Crippen LogP contribution is -2.49. The summed E-state index contributed by atoms with van der Waals surface area (Å²) in [7, 11) is 0. The smallest absolute Gasteiger partial charge is 0.184 e. The van der Waals surface area contributed by atoms with Gasteiger partial charge in [-0.15, -0.1) is 0 Å². The van der Waals surface area contributed by atoms with Crippen LogP contribution in [0.3, 0.4) is 0 Å². The maximum atomic E-state index is 13.3. The third kappa shape index (κ3) is 2.81. The zero-order valence-corrected chi connectivity index (χ0v) is 17.1. The van der Waals surface area contributed by atoms with Crippen LogP contribution >= 0.6 is 0 Å². The molecular formula is C25H35NO. The third-order valence-electron chi connectivity index (χ3n) is 9.45. The molecule has 0 saturated heterocycles. The SMILES string of the molecule is CC1CCC2C(CCC3C2CCC2(C)C(C(=O)c4ccccn4)CCC32)C1. The Morgan fingerprint density at radius 1 is 1.00 bits per heavy atom. The van der Waals surface area contributed by atoms with Crippen LogP contribution in [0.4, 0.5) is 0 Å². The van der Waals surface area contributed by atoms with E-state index in [0.29, 0.717) is 11.5 Å². The van der Waals surface area contributed by atoms with E-state index in [4.69, 9.17) is 0 Å². The fraction of sp³-hybridized carbons (Fsp3) is 0.760. The van der Waals surface area contributed by atoms with Crippen LogP contribution in [0, 0.1) is 46.8 Å². The van der Waals surface area contributed by atoms with Gasteiger partial charge in [-0.1, -0.05) is 26.3 Å². The quantitative estimate of drug-likeness (QED) is 0.587. The maximum Gasteiger partial charge on any atom is 0.184 e. The van der Waals surface area contributed by atoms with Gasteiger partial charge in [-0.25, -0.2) is 0 Å². The number of ketones is 1. The van der Waals surface area contributed by atoms with Crippen molar-refractivity contribution in [2.45, 2.75) is 71.6 Å². The molecule has 4 fully saturated rings. The summed E-state index contributed by atoms with van der Waals surface area (Å²) in [6, 6.07) is 5.78. The summed E-state index contributed by atoms with van der Waals surface area (Å²) in [5, 5.41) is 0. The molecule has 8 atom stereocenters. The Hall–Kier alpha value is -1.18. The van der Waals surface area contributed by atoms with E-state index in [1.165, 1.54) is 51.4 Å². The number of hydrogen-bond acceptors (Lipinski definition) is 2. The van der Waals surface area contributed by atoms with Gasteiger partial charge in [0.1, 0.15) is 5.69 Å². The maximum absolute atomic E-state index is 13.3. The van der Waals surface area contributed by atoms with Crippen LogP contribution in [0.2, 0.25) is 0 Å². The van der Waals surface area contributed by atoms with E-state index in [2.05, 4.69) is 18.8 Å². The predicted octanol–water partition coefficient (Wildman–Crippen LogP) is 6.17. The molecule has 5 rings (SSSR count). The fourth-order valence-electron chi connectivity index (χ4n) is 8.21. The Morgan fingerprint density at radius 2 is 1.85 bits per heavy atom. The predicted molar refractivity (Wildman–Crippen MR) is 108 cm³/mol. The number of hydrogen-bond donors (Lipinski definition) is 0. The van der Waals surface area contributed by atoms with Crippen molar-refractivity contribution in [1.82, 2.24) is 4.98 Å². The Kier molecular flexibility index (Phi) is 4.44.